The summed E-state index contributed by atoms with van der Waals surface area (Å²) in [5, 5.41) is 69.8. The largest absolute Gasteiger partial charge is 0.504 e. The fraction of sp³-hybridized carbons (Fsp3) is 0.565. The molecule has 0 aromatic heterocycles. The molecule has 3 rings (SSSR count). The Kier molecular flexibility index (Phi) is 7.92. The van der Waals surface area contributed by atoms with E-state index in [1.165, 1.54) is 0 Å². The number of carboxylic acids is 1. The number of aromatic carboxylic acids is 1. The van der Waals surface area contributed by atoms with Crippen LogP contribution in [0.3, 0.4) is 0 Å². The minimum atomic E-state index is -1.82. The van der Waals surface area contributed by atoms with Gasteiger partial charge in [0.15, 0.2) is 11.5 Å². The van der Waals surface area contributed by atoms with E-state index in [1.807, 2.05) is 0 Å². The summed E-state index contributed by atoms with van der Waals surface area (Å²) in [7, 11) is 0. The molecular weight excluding hydrogens is 468 g/mol. The summed E-state index contributed by atoms with van der Waals surface area (Å²) in [5.41, 5.74) is -0.907. The second-order valence-electron chi connectivity index (χ2n) is 9.23. The number of aromatic hydroxyl groups is 2. The lowest BCUT2D eigenvalue weighted by molar-refractivity contribution is -0.278. The third-order valence-corrected chi connectivity index (χ3v) is 6.25. The molecule has 0 radical (unpaired) electrons. The second kappa shape index (κ2) is 10.4. The van der Waals surface area contributed by atoms with Gasteiger partial charge in [0.2, 0.25) is 12.0 Å². The number of carbonyl (C=O) groups excluding carboxylic acids is 1. The Morgan fingerprint density at radius 2 is 1.71 bits per heavy atom. The predicted octanol–water partition coefficient (Wildman–Crippen LogP) is 0.0230. The van der Waals surface area contributed by atoms with Crippen LogP contribution in [-0.4, -0.2) is 90.6 Å². The Labute approximate surface area is 200 Å². The first-order valence-corrected chi connectivity index (χ1v) is 11.0. The first kappa shape index (κ1) is 26.7. The molecular formula is C23H30O12. The van der Waals surface area contributed by atoms with Crippen LogP contribution in [0.2, 0.25) is 0 Å². The number of hydrogen-bond acceptors (Lipinski definition) is 11. The zero-order valence-corrected chi connectivity index (χ0v) is 19.2. The first-order chi connectivity index (χ1) is 16.3. The maximum atomic E-state index is 12.5. The van der Waals surface area contributed by atoms with Gasteiger partial charge in [0.1, 0.15) is 31.0 Å². The van der Waals surface area contributed by atoms with Crippen LogP contribution < -0.4 is 4.74 Å². The molecule has 12 heteroatoms. The lowest BCUT2D eigenvalue weighted by Crippen LogP contribution is -2.60. The van der Waals surface area contributed by atoms with Crippen molar-refractivity contribution in [3.8, 4) is 17.2 Å². The molecule has 1 aliphatic carbocycles. The van der Waals surface area contributed by atoms with Crippen molar-refractivity contribution in [1.82, 2.24) is 0 Å². The molecule has 1 heterocycles. The van der Waals surface area contributed by atoms with Gasteiger partial charge in [-0.3, -0.25) is 0 Å². The molecule has 1 aromatic rings. The molecule has 0 bridgehead atoms. The molecule has 1 aromatic carbocycles. The SMILES string of the molecule is CC(C)(O)C1CC=C(C(=O)OC[C@H]2O[C@@H](Oc3c(O)cc(C(=O)O)cc3O)[C@H](O)[C@@H](O)[C@@H]2O)CC1. The molecule has 2 aliphatic rings. The van der Waals surface area contributed by atoms with E-state index in [0.717, 1.165) is 12.1 Å². The number of phenols is 2. The lowest BCUT2D eigenvalue weighted by atomic mass is 9.79. The van der Waals surface area contributed by atoms with Crippen molar-refractivity contribution in [2.45, 2.75) is 69.4 Å². The smallest absolute Gasteiger partial charge is 0.335 e. The van der Waals surface area contributed by atoms with E-state index >= 15 is 0 Å². The quantitative estimate of drug-likeness (QED) is 0.249. The molecule has 194 valence electrons. The highest BCUT2D eigenvalue weighted by molar-refractivity contribution is 5.89. The first-order valence-electron chi connectivity index (χ1n) is 11.0. The van der Waals surface area contributed by atoms with Gasteiger partial charge in [-0.05, 0) is 51.2 Å². The maximum absolute atomic E-state index is 12.5. The van der Waals surface area contributed by atoms with Crippen LogP contribution in [0.4, 0.5) is 0 Å². The third-order valence-electron chi connectivity index (χ3n) is 6.25. The van der Waals surface area contributed by atoms with Crippen molar-refractivity contribution in [2.24, 2.45) is 5.92 Å². The summed E-state index contributed by atoms with van der Waals surface area (Å²) >= 11 is 0. The number of carbonyl (C=O) groups is 2. The Hall–Kier alpha value is -2.90. The number of aliphatic hydroxyl groups is 4. The van der Waals surface area contributed by atoms with Gasteiger partial charge in [-0.1, -0.05) is 6.08 Å². The average molecular weight is 498 g/mol. The number of phenolic OH excluding ortho intramolecular Hbond substituents is 2. The standard InChI is InChI=1S/C23H30O12/c1-23(2,32)12-5-3-10(4-6-12)21(31)33-9-15-16(26)17(27)18(28)22(34-15)35-19-13(24)7-11(20(29)30)8-14(19)25/h3,7-8,12,15-18,22,24-28,32H,4-6,9H2,1-2H3,(H,29,30)/t12?,15-,16-,17+,18-,22+/m1/s1. The Balaban J connectivity index is 1.66. The van der Waals surface area contributed by atoms with Crippen LogP contribution in [0.25, 0.3) is 0 Å². The fourth-order valence-corrected chi connectivity index (χ4v) is 4.02. The summed E-state index contributed by atoms with van der Waals surface area (Å²) in [5.74, 6) is -4.24. The van der Waals surface area contributed by atoms with Crippen LogP contribution in [0, 0.1) is 5.92 Å². The normalized spacial score (nSPS) is 29.3. The number of rotatable bonds is 7. The lowest BCUT2D eigenvalue weighted by Gasteiger charge is -2.40. The highest BCUT2D eigenvalue weighted by Gasteiger charge is 2.46. The zero-order valence-electron chi connectivity index (χ0n) is 19.2. The van der Waals surface area contributed by atoms with Crippen LogP contribution >= 0.6 is 0 Å². The van der Waals surface area contributed by atoms with Crippen LogP contribution in [-0.2, 0) is 14.3 Å². The average Bonchev–Trinajstić information content (AvgIpc) is 2.79. The number of benzene rings is 1. The number of ether oxygens (including phenoxy) is 3. The monoisotopic (exact) mass is 498 g/mol. The maximum Gasteiger partial charge on any atom is 0.335 e. The Morgan fingerprint density at radius 1 is 1.09 bits per heavy atom. The topological polar surface area (TPSA) is 203 Å². The number of aliphatic hydroxyl groups excluding tert-OH is 3. The molecule has 1 saturated heterocycles. The third kappa shape index (κ3) is 6.03. The van der Waals surface area contributed by atoms with E-state index in [0.29, 0.717) is 24.8 Å². The Bertz CT molecular complexity index is 958. The fourth-order valence-electron chi connectivity index (χ4n) is 4.02. The predicted molar refractivity (Wildman–Crippen MR) is 117 cm³/mol. The molecule has 7 N–H and O–H groups in total. The van der Waals surface area contributed by atoms with E-state index in [-0.39, 0.29) is 5.92 Å². The van der Waals surface area contributed by atoms with Gasteiger partial charge in [-0.2, -0.15) is 0 Å². The van der Waals surface area contributed by atoms with Gasteiger partial charge in [0.05, 0.1) is 11.2 Å². The zero-order chi connectivity index (χ0) is 26.1. The summed E-state index contributed by atoms with van der Waals surface area (Å²) in [6.07, 6.45) is -5.18. The summed E-state index contributed by atoms with van der Waals surface area (Å²) in [4.78, 5) is 23.5. The van der Waals surface area contributed by atoms with Gasteiger partial charge >= 0.3 is 11.9 Å². The van der Waals surface area contributed by atoms with Crippen LogP contribution in [0.15, 0.2) is 23.8 Å². The van der Waals surface area contributed by atoms with E-state index in [9.17, 15) is 40.2 Å². The van der Waals surface area contributed by atoms with Crippen molar-refractivity contribution in [2.75, 3.05) is 6.61 Å². The van der Waals surface area contributed by atoms with E-state index < -0.39 is 77.7 Å². The molecule has 0 amide bonds. The molecule has 1 unspecified atom stereocenters. The number of esters is 1. The van der Waals surface area contributed by atoms with Gasteiger partial charge in [-0.15, -0.1) is 0 Å². The van der Waals surface area contributed by atoms with Crippen LogP contribution in [0.5, 0.6) is 17.2 Å². The number of carboxylic acid groups (broad SMARTS) is 1. The van der Waals surface area contributed by atoms with Gasteiger partial charge in [0, 0.05) is 5.57 Å². The minimum absolute atomic E-state index is 0.00510. The van der Waals surface area contributed by atoms with Crippen molar-refractivity contribution < 1.29 is 59.5 Å². The van der Waals surface area contributed by atoms with Gasteiger partial charge in [0.25, 0.3) is 0 Å². The van der Waals surface area contributed by atoms with Crippen molar-refractivity contribution >= 4 is 11.9 Å². The molecule has 1 aliphatic heterocycles. The van der Waals surface area contributed by atoms with E-state index in [1.54, 1.807) is 19.9 Å². The molecule has 6 atom stereocenters. The summed E-state index contributed by atoms with van der Waals surface area (Å²) < 4.78 is 15.9. The molecule has 35 heavy (non-hydrogen) atoms. The van der Waals surface area contributed by atoms with Crippen molar-refractivity contribution in [1.29, 1.82) is 0 Å². The Morgan fingerprint density at radius 3 is 2.23 bits per heavy atom. The highest BCUT2D eigenvalue weighted by atomic mass is 16.7. The summed E-state index contributed by atoms with van der Waals surface area (Å²) in [6, 6.07) is 1.61. The molecule has 0 saturated carbocycles. The molecule has 12 nitrogen and oxygen atoms in total. The molecule has 0 spiro atoms. The highest BCUT2D eigenvalue weighted by Crippen LogP contribution is 2.39. The van der Waals surface area contributed by atoms with E-state index in [2.05, 4.69) is 0 Å². The van der Waals surface area contributed by atoms with Crippen LogP contribution in [0.1, 0.15) is 43.5 Å². The number of hydrogen-bond donors (Lipinski definition) is 7. The van der Waals surface area contributed by atoms with E-state index in [4.69, 9.17) is 19.3 Å². The summed E-state index contributed by atoms with van der Waals surface area (Å²) in [6.45, 7) is 2.90. The van der Waals surface area contributed by atoms with Gasteiger partial charge in [-0.25, -0.2) is 9.59 Å². The van der Waals surface area contributed by atoms with Crippen molar-refractivity contribution in [3.63, 3.8) is 0 Å². The molecule has 1 fully saturated rings. The second-order valence-corrected chi connectivity index (χ2v) is 9.23. The van der Waals surface area contributed by atoms with Gasteiger partial charge < -0.3 is 50.0 Å². The number of allylic oxidation sites excluding steroid dienone is 1. The minimum Gasteiger partial charge on any atom is -0.504 e. The van der Waals surface area contributed by atoms with Crippen molar-refractivity contribution in [3.05, 3.63) is 29.3 Å².